The van der Waals surface area contributed by atoms with E-state index in [0.717, 1.165) is 10.9 Å². The zero-order valence-corrected chi connectivity index (χ0v) is 8.99. The van der Waals surface area contributed by atoms with Crippen LogP contribution in [0, 0.1) is 5.82 Å². The highest BCUT2D eigenvalue weighted by Gasteiger charge is 2.14. The summed E-state index contributed by atoms with van der Waals surface area (Å²) in [4.78, 5) is 13.7. The highest BCUT2D eigenvalue weighted by Crippen LogP contribution is 2.29. The van der Waals surface area contributed by atoms with Gasteiger partial charge in [-0.3, -0.25) is 0 Å². The number of rotatable bonds is 1. The first-order valence-corrected chi connectivity index (χ1v) is 5.08. The van der Waals surface area contributed by atoms with E-state index in [1.165, 1.54) is 18.2 Å². The number of aromatic nitrogens is 2. The number of carboxylic acid groups (broad SMARTS) is 1. The first-order chi connectivity index (χ1) is 8.08. The minimum atomic E-state index is -1.02. The topological polar surface area (TPSA) is 58.0 Å². The zero-order chi connectivity index (χ0) is 12.2. The van der Waals surface area contributed by atoms with Crippen LogP contribution in [0.1, 0.15) is 10.5 Å². The van der Waals surface area contributed by atoms with Crippen LogP contribution in [0.2, 0.25) is 0 Å². The highest BCUT2D eigenvalue weighted by atomic mass is 19.1. The van der Waals surface area contributed by atoms with Gasteiger partial charge in [-0.25, -0.2) is 9.18 Å². The third-order valence-corrected chi connectivity index (χ3v) is 2.97. The lowest BCUT2D eigenvalue weighted by atomic mass is 10.2. The van der Waals surface area contributed by atoms with E-state index in [4.69, 9.17) is 5.11 Å². The fraction of sp³-hybridized carbons (Fsp3) is 0.0833. The predicted octanol–water partition coefficient (Wildman–Crippen LogP) is 2.50. The molecule has 2 heterocycles. The van der Waals surface area contributed by atoms with Gasteiger partial charge in [0.05, 0.1) is 5.52 Å². The SMILES string of the molecule is Cn1c2ccc(F)cc2c2cc(C(=O)O)[nH]c21. The molecule has 3 rings (SSSR count). The summed E-state index contributed by atoms with van der Waals surface area (Å²) in [5.41, 5.74) is 1.66. The van der Waals surface area contributed by atoms with E-state index in [-0.39, 0.29) is 11.5 Å². The van der Waals surface area contributed by atoms with Gasteiger partial charge in [0, 0.05) is 17.8 Å². The van der Waals surface area contributed by atoms with Gasteiger partial charge < -0.3 is 14.7 Å². The predicted molar refractivity (Wildman–Crippen MR) is 61.7 cm³/mol. The Labute approximate surface area is 95.3 Å². The van der Waals surface area contributed by atoms with Crippen LogP contribution in [0.4, 0.5) is 4.39 Å². The van der Waals surface area contributed by atoms with Crippen molar-refractivity contribution in [1.29, 1.82) is 0 Å². The van der Waals surface area contributed by atoms with E-state index in [2.05, 4.69) is 4.98 Å². The number of carbonyl (C=O) groups is 1. The number of fused-ring (bicyclic) bond motifs is 3. The smallest absolute Gasteiger partial charge is 0.352 e. The zero-order valence-electron chi connectivity index (χ0n) is 8.99. The Bertz CT molecular complexity index is 755. The van der Waals surface area contributed by atoms with Gasteiger partial charge in [-0.2, -0.15) is 0 Å². The number of hydrogen-bond acceptors (Lipinski definition) is 1. The number of aromatic amines is 1. The lowest BCUT2D eigenvalue weighted by Gasteiger charge is -1.97. The Hall–Kier alpha value is -2.30. The van der Waals surface area contributed by atoms with Gasteiger partial charge in [0.2, 0.25) is 0 Å². The summed E-state index contributed by atoms with van der Waals surface area (Å²) in [6.07, 6.45) is 0. The normalized spacial score (nSPS) is 11.4. The third-order valence-electron chi connectivity index (χ3n) is 2.97. The van der Waals surface area contributed by atoms with Gasteiger partial charge in [0.25, 0.3) is 0 Å². The van der Waals surface area contributed by atoms with Crippen LogP contribution in [0.5, 0.6) is 0 Å². The van der Waals surface area contributed by atoms with Crippen molar-refractivity contribution >= 4 is 27.9 Å². The summed E-state index contributed by atoms with van der Waals surface area (Å²) >= 11 is 0. The molecule has 1 aromatic carbocycles. The van der Waals surface area contributed by atoms with Crippen molar-refractivity contribution in [2.75, 3.05) is 0 Å². The first-order valence-electron chi connectivity index (χ1n) is 5.08. The Morgan fingerprint density at radius 3 is 2.82 bits per heavy atom. The number of nitrogens with zero attached hydrogens (tertiary/aromatic N) is 1. The number of aromatic carboxylic acids is 1. The number of benzene rings is 1. The van der Waals surface area contributed by atoms with Crippen LogP contribution in [-0.2, 0) is 7.05 Å². The van der Waals surface area contributed by atoms with Gasteiger partial charge in [-0.1, -0.05) is 0 Å². The molecular formula is C12H9FN2O2. The molecule has 2 aromatic heterocycles. The quantitative estimate of drug-likeness (QED) is 0.677. The Balaban J connectivity index is 2.48. The molecule has 2 N–H and O–H groups in total. The molecule has 0 aliphatic carbocycles. The molecule has 17 heavy (non-hydrogen) atoms. The fourth-order valence-corrected chi connectivity index (χ4v) is 2.17. The molecule has 3 aromatic rings. The summed E-state index contributed by atoms with van der Waals surface area (Å²) < 4.78 is 15.0. The molecule has 0 aliphatic rings. The van der Waals surface area contributed by atoms with Crippen molar-refractivity contribution in [2.24, 2.45) is 7.05 Å². The number of aryl methyl sites for hydroxylation is 1. The molecule has 0 fully saturated rings. The number of nitrogens with one attached hydrogen (secondary N) is 1. The van der Waals surface area contributed by atoms with Gasteiger partial charge in [-0.05, 0) is 24.3 Å². The molecule has 0 atom stereocenters. The summed E-state index contributed by atoms with van der Waals surface area (Å²) in [6, 6.07) is 6.01. The third kappa shape index (κ3) is 1.25. The maximum atomic E-state index is 13.2. The van der Waals surface area contributed by atoms with Gasteiger partial charge in [0.1, 0.15) is 17.2 Å². The maximum Gasteiger partial charge on any atom is 0.352 e. The Morgan fingerprint density at radius 2 is 2.12 bits per heavy atom. The second-order valence-electron chi connectivity index (χ2n) is 3.97. The highest BCUT2D eigenvalue weighted by molar-refractivity contribution is 6.09. The monoisotopic (exact) mass is 232 g/mol. The molecular weight excluding hydrogens is 223 g/mol. The van der Waals surface area contributed by atoms with E-state index in [9.17, 15) is 9.18 Å². The van der Waals surface area contributed by atoms with E-state index >= 15 is 0 Å². The first kappa shape index (κ1) is 9.89. The average Bonchev–Trinajstić information content (AvgIpc) is 2.80. The maximum absolute atomic E-state index is 13.2. The van der Waals surface area contributed by atoms with Crippen LogP contribution in [0.3, 0.4) is 0 Å². The molecule has 86 valence electrons. The molecule has 0 radical (unpaired) electrons. The average molecular weight is 232 g/mol. The standard InChI is InChI=1S/C12H9FN2O2/c1-15-10-3-2-6(13)4-7(10)8-5-9(12(16)17)14-11(8)15/h2-5,14H,1H3,(H,16,17). The molecule has 0 unspecified atom stereocenters. The van der Waals surface area contributed by atoms with Crippen molar-refractivity contribution in [1.82, 2.24) is 9.55 Å². The van der Waals surface area contributed by atoms with Crippen LogP contribution >= 0.6 is 0 Å². The molecule has 0 saturated heterocycles. The fourth-order valence-electron chi connectivity index (χ4n) is 2.17. The number of carboxylic acids is 1. The van der Waals surface area contributed by atoms with Crippen LogP contribution in [-0.4, -0.2) is 20.6 Å². The van der Waals surface area contributed by atoms with Gasteiger partial charge in [0.15, 0.2) is 0 Å². The molecule has 4 nitrogen and oxygen atoms in total. The minimum absolute atomic E-state index is 0.108. The summed E-state index contributed by atoms with van der Waals surface area (Å²) in [5, 5.41) is 10.3. The number of halogens is 1. The minimum Gasteiger partial charge on any atom is -0.477 e. The lowest BCUT2D eigenvalue weighted by Crippen LogP contribution is -1.96. The van der Waals surface area contributed by atoms with E-state index in [1.54, 1.807) is 6.07 Å². The van der Waals surface area contributed by atoms with E-state index in [1.807, 2.05) is 11.6 Å². The van der Waals surface area contributed by atoms with Crippen molar-refractivity contribution in [3.05, 3.63) is 35.8 Å². The number of hydrogen-bond donors (Lipinski definition) is 2. The van der Waals surface area contributed by atoms with Gasteiger partial charge >= 0.3 is 5.97 Å². The van der Waals surface area contributed by atoms with Gasteiger partial charge in [-0.15, -0.1) is 0 Å². The molecule has 0 amide bonds. The molecule has 0 aliphatic heterocycles. The summed E-state index contributed by atoms with van der Waals surface area (Å²) in [6.45, 7) is 0. The largest absolute Gasteiger partial charge is 0.477 e. The van der Waals surface area contributed by atoms with Crippen molar-refractivity contribution < 1.29 is 14.3 Å². The van der Waals surface area contributed by atoms with Crippen molar-refractivity contribution in [3.8, 4) is 0 Å². The van der Waals surface area contributed by atoms with Crippen molar-refractivity contribution in [2.45, 2.75) is 0 Å². The number of H-pyrrole nitrogens is 1. The van der Waals surface area contributed by atoms with Crippen molar-refractivity contribution in [3.63, 3.8) is 0 Å². The summed E-state index contributed by atoms with van der Waals surface area (Å²) in [7, 11) is 1.81. The Kier molecular flexibility index (Phi) is 1.80. The molecule has 0 bridgehead atoms. The lowest BCUT2D eigenvalue weighted by molar-refractivity contribution is 0.0691. The summed E-state index contributed by atoms with van der Waals surface area (Å²) in [5.74, 6) is -1.35. The Morgan fingerprint density at radius 1 is 1.35 bits per heavy atom. The van der Waals surface area contributed by atoms with Crippen LogP contribution in [0.25, 0.3) is 21.9 Å². The van der Waals surface area contributed by atoms with Crippen LogP contribution < -0.4 is 0 Å². The second-order valence-corrected chi connectivity index (χ2v) is 3.97. The molecule has 0 saturated carbocycles. The second kappa shape index (κ2) is 3.10. The molecule has 0 spiro atoms. The molecule has 5 heteroatoms. The van der Waals surface area contributed by atoms with E-state index < -0.39 is 5.97 Å². The van der Waals surface area contributed by atoms with Crippen LogP contribution in [0.15, 0.2) is 24.3 Å². The van der Waals surface area contributed by atoms with E-state index in [0.29, 0.717) is 11.0 Å².